The van der Waals surface area contributed by atoms with Crippen LogP contribution in [0.2, 0.25) is 0 Å². The molecule has 2 aromatic rings. The van der Waals surface area contributed by atoms with Crippen molar-refractivity contribution >= 4 is 5.52 Å². The van der Waals surface area contributed by atoms with E-state index in [1.165, 1.54) is 0 Å². The second kappa shape index (κ2) is 2.10. The largest absolute Gasteiger partial charge is 0.506 e. The van der Waals surface area contributed by atoms with Gasteiger partial charge in [-0.05, 0) is 12.1 Å². The van der Waals surface area contributed by atoms with Gasteiger partial charge in [0, 0.05) is 6.20 Å². The summed E-state index contributed by atoms with van der Waals surface area (Å²) in [7, 11) is 0. The molecule has 0 fully saturated rings. The molecule has 4 heteroatoms. The molecule has 0 atom stereocenters. The molecule has 0 unspecified atom stereocenters. The summed E-state index contributed by atoms with van der Waals surface area (Å²) in [5.74, 6) is 1.51. The van der Waals surface area contributed by atoms with E-state index < -0.39 is 0 Å². The number of nitrogens with zero attached hydrogens (tertiary/aromatic N) is 1. The zero-order chi connectivity index (χ0) is 8.84. The smallest absolute Gasteiger partial charge is 0.231 e. The third-order valence-corrected chi connectivity index (χ3v) is 2.11. The lowest BCUT2D eigenvalue weighted by Crippen LogP contribution is -1.96. The first kappa shape index (κ1) is 6.65. The Morgan fingerprint density at radius 2 is 2.31 bits per heavy atom. The highest BCUT2D eigenvalue weighted by Crippen LogP contribution is 2.41. The van der Waals surface area contributed by atoms with Crippen molar-refractivity contribution in [2.75, 3.05) is 6.79 Å². The third kappa shape index (κ3) is 0.744. The van der Waals surface area contributed by atoms with E-state index in [0.717, 1.165) is 0 Å². The van der Waals surface area contributed by atoms with Crippen LogP contribution in [0.3, 0.4) is 0 Å². The van der Waals surface area contributed by atoms with E-state index in [2.05, 4.69) is 0 Å². The molecular weight excluding hydrogens is 170 g/mol. The molecule has 1 aliphatic rings. The number of hydrogen-bond donors (Lipinski definition) is 1. The zero-order valence-corrected chi connectivity index (χ0v) is 6.73. The number of hydrogen-bond acceptors (Lipinski definition) is 3. The first-order valence-electron chi connectivity index (χ1n) is 3.94. The van der Waals surface area contributed by atoms with Crippen LogP contribution in [0.15, 0.2) is 24.5 Å². The third-order valence-electron chi connectivity index (χ3n) is 2.11. The van der Waals surface area contributed by atoms with Crippen LogP contribution >= 0.6 is 0 Å². The molecule has 0 aliphatic carbocycles. The molecule has 0 saturated carbocycles. The van der Waals surface area contributed by atoms with Crippen LogP contribution in [0.1, 0.15) is 0 Å². The average Bonchev–Trinajstić information content (AvgIpc) is 2.62. The fraction of sp³-hybridized carbons (Fsp3) is 0.111. The van der Waals surface area contributed by atoms with Gasteiger partial charge in [-0.15, -0.1) is 0 Å². The summed E-state index contributed by atoms with van der Waals surface area (Å²) in [6, 6.07) is 3.38. The van der Waals surface area contributed by atoms with Gasteiger partial charge in [0.05, 0.1) is 6.20 Å². The van der Waals surface area contributed by atoms with Gasteiger partial charge in [-0.1, -0.05) is 0 Å². The van der Waals surface area contributed by atoms with E-state index in [-0.39, 0.29) is 12.5 Å². The van der Waals surface area contributed by atoms with Crippen molar-refractivity contribution in [3.05, 3.63) is 24.5 Å². The van der Waals surface area contributed by atoms with Crippen LogP contribution in [0, 0.1) is 0 Å². The van der Waals surface area contributed by atoms with Crippen molar-refractivity contribution in [2.45, 2.75) is 0 Å². The van der Waals surface area contributed by atoms with Gasteiger partial charge in [0.25, 0.3) is 0 Å². The summed E-state index contributed by atoms with van der Waals surface area (Å²) in [6.45, 7) is 0.232. The van der Waals surface area contributed by atoms with Crippen LogP contribution in [0.4, 0.5) is 0 Å². The Morgan fingerprint density at radius 1 is 1.38 bits per heavy atom. The lowest BCUT2D eigenvalue weighted by molar-refractivity contribution is 0.173. The molecule has 0 aromatic carbocycles. The minimum absolute atomic E-state index is 0.203. The molecule has 0 spiro atoms. The maximum Gasteiger partial charge on any atom is 0.231 e. The summed E-state index contributed by atoms with van der Waals surface area (Å²) in [4.78, 5) is 0. The van der Waals surface area contributed by atoms with E-state index in [9.17, 15) is 5.11 Å². The molecule has 0 amide bonds. The summed E-state index contributed by atoms with van der Waals surface area (Å²) in [5, 5.41) is 9.57. The lowest BCUT2D eigenvalue weighted by Gasteiger charge is -1.99. The second-order valence-electron chi connectivity index (χ2n) is 2.88. The number of rotatable bonds is 0. The molecule has 2 aromatic heterocycles. The highest BCUT2D eigenvalue weighted by atomic mass is 16.7. The Morgan fingerprint density at radius 3 is 3.23 bits per heavy atom. The molecule has 0 radical (unpaired) electrons. The molecule has 4 nitrogen and oxygen atoms in total. The van der Waals surface area contributed by atoms with Crippen molar-refractivity contribution < 1.29 is 14.6 Å². The Hall–Kier alpha value is -1.84. The van der Waals surface area contributed by atoms with Gasteiger partial charge in [0.15, 0.2) is 11.5 Å². The van der Waals surface area contributed by atoms with Crippen molar-refractivity contribution in [2.24, 2.45) is 0 Å². The average molecular weight is 177 g/mol. The van der Waals surface area contributed by atoms with Crippen LogP contribution in [-0.4, -0.2) is 16.3 Å². The number of ether oxygens (including phenoxy) is 2. The predicted octanol–water partition coefficient (Wildman–Crippen LogP) is 1.37. The van der Waals surface area contributed by atoms with Gasteiger partial charge in [0.1, 0.15) is 11.3 Å². The van der Waals surface area contributed by atoms with Crippen molar-refractivity contribution in [3.8, 4) is 17.2 Å². The summed E-state index contributed by atoms with van der Waals surface area (Å²) < 4.78 is 12.2. The molecule has 1 N–H and O–H groups in total. The fourth-order valence-electron chi connectivity index (χ4n) is 1.55. The van der Waals surface area contributed by atoms with Gasteiger partial charge in [-0.3, -0.25) is 0 Å². The Labute approximate surface area is 73.9 Å². The van der Waals surface area contributed by atoms with Gasteiger partial charge >= 0.3 is 0 Å². The summed E-state index contributed by atoms with van der Waals surface area (Å²) in [6.07, 6.45) is 3.62. The summed E-state index contributed by atoms with van der Waals surface area (Å²) in [5.41, 5.74) is 0.662. The van der Waals surface area contributed by atoms with Gasteiger partial charge in [-0.25, -0.2) is 0 Å². The molecule has 3 heterocycles. The topological polar surface area (TPSA) is 43.1 Å². The minimum atomic E-state index is 0.203. The van der Waals surface area contributed by atoms with Crippen molar-refractivity contribution in [3.63, 3.8) is 0 Å². The van der Waals surface area contributed by atoms with Gasteiger partial charge in [0.2, 0.25) is 6.79 Å². The van der Waals surface area contributed by atoms with Crippen LogP contribution < -0.4 is 9.47 Å². The van der Waals surface area contributed by atoms with Crippen LogP contribution in [0.25, 0.3) is 5.52 Å². The zero-order valence-electron chi connectivity index (χ0n) is 6.73. The second-order valence-corrected chi connectivity index (χ2v) is 2.88. The number of fused-ring (bicyclic) bond motifs is 3. The van der Waals surface area contributed by atoms with Crippen molar-refractivity contribution in [1.82, 2.24) is 4.40 Å². The van der Waals surface area contributed by atoms with E-state index in [1.807, 2.05) is 6.20 Å². The van der Waals surface area contributed by atoms with E-state index in [4.69, 9.17) is 9.47 Å². The Kier molecular flexibility index (Phi) is 1.07. The predicted molar refractivity (Wildman–Crippen MR) is 45.2 cm³/mol. The molecule has 1 aliphatic heterocycles. The highest BCUT2D eigenvalue weighted by molar-refractivity contribution is 5.75. The maximum atomic E-state index is 9.57. The Bertz CT molecular complexity index is 475. The summed E-state index contributed by atoms with van der Waals surface area (Å²) >= 11 is 0. The molecule has 13 heavy (non-hydrogen) atoms. The fourth-order valence-corrected chi connectivity index (χ4v) is 1.55. The molecule has 3 rings (SSSR count). The maximum absolute atomic E-state index is 9.57. The normalized spacial score (nSPS) is 13.8. The number of pyridine rings is 1. The minimum Gasteiger partial charge on any atom is -0.506 e. The number of aromatic nitrogens is 1. The van der Waals surface area contributed by atoms with E-state index in [1.54, 1.807) is 22.7 Å². The van der Waals surface area contributed by atoms with Gasteiger partial charge < -0.3 is 19.0 Å². The highest BCUT2D eigenvalue weighted by Gasteiger charge is 2.21. The standard InChI is InChI=1S/C9H7NO3/c11-6-2-1-3-10-4-7-9(8(6)10)13-5-12-7/h1-4,11H,5H2. The van der Waals surface area contributed by atoms with Crippen LogP contribution in [-0.2, 0) is 0 Å². The molecule has 0 bridgehead atoms. The monoisotopic (exact) mass is 177 g/mol. The molecule has 66 valence electrons. The lowest BCUT2D eigenvalue weighted by atomic mass is 10.3. The van der Waals surface area contributed by atoms with E-state index in [0.29, 0.717) is 17.0 Å². The first-order chi connectivity index (χ1) is 6.36. The van der Waals surface area contributed by atoms with E-state index >= 15 is 0 Å². The number of aromatic hydroxyl groups is 1. The van der Waals surface area contributed by atoms with Gasteiger partial charge in [-0.2, -0.15) is 0 Å². The van der Waals surface area contributed by atoms with Crippen molar-refractivity contribution in [1.29, 1.82) is 0 Å². The quantitative estimate of drug-likeness (QED) is 0.661. The SMILES string of the molecule is Oc1cccn2cc3c(c12)OCO3. The van der Waals surface area contributed by atoms with Crippen LogP contribution in [0.5, 0.6) is 17.2 Å². The molecular formula is C9H7NO3. The first-order valence-corrected chi connectivity index (χ1v) is 3.94. The molecule has 0 saturated heterocycles. The Balaban J connectivity index is 2.46.